The molecule has 0 fully saturated rings. The van der Waals surface area contributed by atoms with Crippen molar-refractivity contribution in [3.63, 3.8) is 0 Å². The second kappa shape index (κ2) is 0.965. The number of amidine groups is 1. The number of hydrogen-bond acceptors (Lipinski definition) is 2. The zero-order valence-corrected chi connectivity index (χ0v) is 4.02. The molecule has 1 unspecified atom stereocenters. The molecule has 0 amide bonds. The highest BCUT2D eigenvalue weighted by atomic mass is 15.2. The molecule has 1 aliphatic rings. The lowest BCUT2D eigenvalue weighted by molar-refractivity contribution is 0.628. The first-order valence-corrected chi connectivity index (χ1v) is 2.10. The van der Waals surface area contributed by atoms with Crippen LogP contribution in [0.15, 0.2) is 4.99 Å². The normalized spacial score (nSPS) is 30.3. The van der Waals surface area contributed by atoms with Gasteiger partial charge in [-0.2, -0.15) is 0 Å². The molecule has 0 bridgehead atoms. The van der Waals surface area contributed by atoms with E-state index in [0.29, 0.717) is 6.17 Å². The third-order valence-corrected chi connectivity index (χ3v) is 0.805. The maximum atomic E-state index is 4.03. The summed E-state index contributed by atoms with van der Waals surface area (Å²) in [6.45, 7) is 3.98. The van der Waals surface area contributed by atoms with Gasteiger partial charge in [0.05, 0.1) is 5.84 Å². The summed E-state index contributed by atoms with van der Waals surface area (Å²) in [5.41, 5.74) is 0. The lowest BCUT2D eigenvalue weighted by Gasteiger charge is -2.19. The van der Waals surface area contributed by atoms with Crippen LogP contribution < -0.4 is 5.32 Å². The summed E-state index contributed by atoms with van der Waals surface area (Å²) in [5, 5.41) is 3.06. The second-order valence-corrected chi connectivity index (χ2v) is 1.53. The number of rotatable bonds is 0. The van der Waals surface area contributed by atoms with Crippen LogP contribution in [0.25, 0.3) is 0 Å². The molecule has 0 saturated carbocycles. The highest BCUT2D eigenvalue weighted by Crippen LogP contribution is 1.93. The van der Waals surface area contributed by atoms with E-state index in [9.17, 15) is 0 Å². The minimum atomic E-state index is 0.380. The predicted octanol–water partition coefficient (Wildman–Crippen LogP) is 0.354. The Hall–Kier alpha value is -0.530. The topological polar surface area (TPSA) is 24.4 Å². The van der Waals surface area contributed by atoms with Crippen molar-refractivity contribution < 1.29 is 0 Å². The molecule has 0 aromatic heterocycles. The van der Waals surface area contributed by atoms with Crippen LogP contribution in [-0.2, 0) is 0 Å². The fraction of sp³-hybridized carbons (Fsp3) is 0.750. The number of aliphatic imine (C=N–C) groups is 1. The third kappa shape index (κ3) is 0.379. The lowest BCUT2D eigenvalue weighted by Crippen LogP contribution is -2.39. The summed E-state index contributed by atoms with van der Waals surface area (Å²) in [6, 6.07) is 0. The van der Waals surface area contributed by atoms with Crippen molar-refractivity contribution in [3.05, 3.63) is 0 Å². The van der Waals surface area contributed by atoms with Crippen molar-refractivity contribution in [2.24, 2.45) is 4.99 Å². The highest BCUT2D eigenvalue weighted by Gasteiger charge is 2.06. The molecule has 1 atom stereocenters. The van der Waals surface area contributed by atoms with Crippen molar-refractivity contribution in [1.82, 2.24) is 5.32 Å². The first-order chi connectivity index (χ1) is 2.79. The van der Waals surface area contributed by atoms with Gasteiger partial charge in [0, 0.05) is 0 Å². The van der Waals surface area contributed by atoms with Crippen molar-refractivity contribution in [2.75, 3.05) is 0 Å². The Labute approximate surface area is 37.3 Å². The van der Waals surface area contributed by atoms with Crippen LogP contribution in [0.3, 0.4) is 0 Å². The maximum absolute atomic E-state index is 4.03. The van der Waals surface area contributed by atoms with Crippen LogP contribution in [0.2, 0.25) is 0 Å². The second-order valence-electron chi connectivity index (χ2n) is 1.53. The summed E-state index contributed by atoms with van der Waals surface area (Å²) >= 11 is 0. The summed E-state index contributed by atoms with van der Waals surface area (Å²) in [5.74, 6) is 1.06. The number of nitrogens with zero attached hydrogens (tertiary/aromatic N) is 1. The Balaban J connectivity index is 2.46. The van der Waals surface area contributed by atoms with E-state index in [1.165, 1.54) is 0 Å². The van der Waals surface area contributed by atoms with Crippen molar-refractivity contribution in [3.8, 4) is 0 Å². The molecule has 0 aromatic carbocycles. The van der Waals surface area contributed by atoms with Gasteiger partial charge < -0.3 is 5.32 Å². The molecule has 0 aromatic rings. The number of nitrogens with one attached hydrogen (secondary N) is 1. The molecule has 34 valence electrons. The van der Waals surface area contributed by atoms with Gasteiger partial charge in [-0.15, -0.1) is 0 Å². The molecular formula is C4H8N2. The van der Waals surface area contributed by atoms with Crippen LogP contribution in [-0.4, -0.2) is 12.0 Å². The predicted molar refractivity (Wildman–Crippen MR) is 25.7 cm³/mol. The lowest BCUT2D eigenvalue weighted by atomic mass is 10.4. The van der Waals surface area contributed by atoms with Crippen molar-refractivity contribution in [2.45, 2.75) is 20.0 Å². The van der Waals surface area contributed by atoms with Gasteiger partial charge in [-0.1, -0.05) is 0 Å². The molecular weight excluding hydrogens is 76.1 g/mol. The van der Waals surface area contributed by atoms with Gasteiger partial charge in [-0.05, 0) is 13.8 Å². The van der Waals surface area contributed by atoms with E-state index in [-0.39, 0.29) is 0 Å². The molecule has 1 rings (SSSR count). The Morgan fingerprint density at radius 3 is 2.33 bits per heavy atom. The van der Waals surface area contributed by atoms with Crippen molar-refractivity contribution >= 4 is 5.84 Å². The van der Waals surface area contributed by atoms with Crippen LogP contribution in [0.5, 0.6) is 0 Å². The Bertz CT molecular complexity index is 85.5. The molecule has 0 aliphatic carbocycles. The smallest absolute Gasteiger partial charge is 0.118 e. The quantitative estimate of drug-likeness (QED) is 0.450. The van der Waals surface area contributed by atoms with E-state index in [1.54, 1.807) is 0 Å². The van der Waals surface area contributed by atoms with Crippen LogP contribution in [0.1, 0.15) is 13.8 Å². The van der Waals surface area contributed by atoms with Gasteiger partial charge in [0.1, 0.15) is 6.17 Å². The van der Waals surface area contributed by atoms with E-state index in [2.05, 4.69) is 10.3 Å². The zero-order valence-electron chi connectivity index (χ0n) is 4.02. The summed E-state index contributed by atoms with van der Waals surface area (Å²) < 4.78 is 0. The maximum Gasteiger partial charge on any atom is 0.118 e. The molecule has 0 radical (unpaired) electrons. The van der Waals surface area contributed by atoms with Crippen molar-refractivity contribution in [1.29, 1.82) is 0 Å². The monoisotopic (exact) mass is 84.1 g/mol. The zero-order chi connectivity index (χ0) is 4.57. The van der Waals surface area contributed by atoms with E-state index in [4.69, 9.17) is 0 Å². The average Bonchev–Trinajstić information content (AvgIpc) is 1.33. The third-order valence-electron chi connectivity index (χ3n) is 0.805. The van der Waals surface area contributed by atoms with E-state index < -0.39 is 0 Å². The molecule has 0 saturated heterocycles. The van der Waals surface area contributed by atoms with Crippen LogP contribution in [0, 0.1) is 0 Å². The molecule has 2 heteroatoms. The largest absolute Gasteiger partial charge is 0.353 e. The Morgan fingerprint density at radius 1 is 1.83 bits per heavy atom. The molecule has 0 spiro atoms. The summed E-state index contributed by atoms with van der Waals surface area (Å²) in [6.07, 6.45) is 0.380. The van der Waals surface area contributed by atoms with Gasteiger partial charge in [0.15, 0.2) is 0 Å². The van der Waals surface area contributed by atoms with Gasteiger partial charge in [-0.25, -0.2) is 4.99 Å². The van der Waals surface area contributed by atoms with E-state index in [1.807, 2.05) is 13.8 Å². The minimum absolute atomic E-state index is 0.380. The van der Waals surface area contributed by atoms with E-state index in [0.717, 1.165) is 5.84 Å². The molecule has 6 heavy (non-hydrogen) atoms. The van der Waals surface area contributed by atoms with Crippen LogP contribution >= 0.6 is 0 Å². The fourth-order valence-electron chi connectivity index (χ4n) is 0.596. The number of hydrogen-bond donors (Lipinski definition) is 1. The average molecular weight is 84.1 g/mol. The van der Waals surface area contributed by atoms with E-state index >= 15 is 0 Å². The minimum Gasteiger partial charge on any atom is -0.353 e. The Kier molecular flexibility index (Phi) is 0.587. The molecule has 1 aliphatic heterocycles. The summed E-state index contributed by atoms with van der Waals surface area (Å²) in [7, 11) is 0. The SMILES string of the molecule is CC1=NC(C)N1. The molecule has 2 nitrogen and oxygen atoms in total. The standard InChI is InChI=1S/C4H8N2/c1-3-5-4(2)6-3/h3H,1-2H3,(H,5,6). The van der Waals surface area contributed by atoms with Gasteiger partial charge in [0.25, 0.3) is 0 Å². The van der Waals surface area contributed by atoms with Gasteiger partial charge >= 0.3 is 0 Å². The van der Waals surface area contributed by atoms with Crippen LogP contribution in [0.4, 0.5) is 0 Å². The summed E-state index contributed by atoms with van der Waals surface area (Å²) in [4.78, 5) is 4.03. The first kappa shape index (κ1) is 3.65. The van der Waals surface area contributed by atoms with Gasteiger partial charge in [0.2, 0.25) is 0 Å². The Morgan fingerprint density at radius 2 is 2.33 bits per heavy atom. The first-order valence-electron chi connectivity index (χ1n) is 2.10. The highest BCUT2D eigenvalue weighted by molar-refractivity contribution is 5.83. The van der Waals surface area contributed by atoms with Gasteiger partial charge in [-0.3, -0.25) is 0 Å². The molecule has 1 heterocycles. The molecule has 1 N–H and O–H groups in total. The fourth-order valence-corrected chi connectivity index (χ4v) is 0.596.